The first-order valence-electron chi connectivity index (χ1n) is 7.48. The second-order valence-electron chi connectivity index (χ2n) is 5.98. The number of carbonyl (C=O) groups is 1. The fraction of sp³-hybridized carbons (Fsp3) is 0.562. The van der Waals surface area contributed by atoms with Crippen LogP contribution in [0.2, 0.25) is 0 Å². The van der Waals surface area contributed by atoms with Crippen molar-refractivity contribution < 1.29 is 4.79 Å². The summed E-state index contributed by atoms with van der Waals surface area (Å²) in [5.74, 6) is 0.595. The van der Waals surface area contributed by atoms with E-state index < -0.39 is 0 Å². The minimum absolute atomic E-state index is 0.0254. The maximum Gasteiger partial charge on any atom is 0.234 e. The number of nitrogens with two attached hydrogens (primary N) is 1. The van der Waals surface area contributed by atoms with Gasteiger partial charge in [0, 0.05) is 17.1 Å². The van der Waals surface area contributed by atoms with Crippen LogP contribution in [0.1, 0.15) is 31.9 Å². The van der Waals surface area contributed by atoms with Crippen molar-refractivity contribution in [2.75, 3.05) is 19.6 Å². The summed E-state index contributed by atoms with van der Waals surface area (Å²) in [4.78, 5) is 14.3. The molecule has 1 saturated heterocycles. The molecule has 5 heteroatoms. The number of rotatable bonds is 5. The smallest absolute Gasteiger partial charge is 0.234 e. The van der Waals surface area contributed by atoms with Crippen LogP contribution in [0.3, 0.4) is 0 Å². The molecule has 1 amide bonds. The molecule has 3 atom stereocenters. The van der Waals surface area contributed by atoms with Crippen molar-refractivity contribution >= 4 is 21.8 Å². The van der Waals surface area contributed by atoms with Crippen molar-refractivity contribution in [3.63, 3.8) is 0 Å². The lowest BCUT2D eigenvalue weighted by Gasteiger charge is -2.19. The number of likely N-dealkylation sites (tertiary alicyclic amines) is 1. The topological polar surface area (TPSA) is 58.4 Å². The van der Waals surface area contributed by atoms with Gasteiger partial charge in [0.15, 0.2) is 0 Å². The van der Waals surface area contributed by atoms with Crippen LogP contribution in [0.15, 0.2) is 28.7 Å². The number of nitrogens with one attached hydrogen (secondary N) is 1. The van der Waals surface area contributed by atoms with E-state index in [1.165, 1.54) is 0 Å². The Kier molecular flexibility index (Phi) is 5.79. The summed E-state index contributed by atoms with van der Waals surface area (Å²) >= 11 is 3.42. The molecule has 0 saturated carbocycles. The summed E-state index contributed by atoms with van der Waals surface area (Å²) in [6.45, 7) is 6.41. The first-order chi connectivity index (χ1) is 9.95. The molecule has 1 aliphatic rings. The molecule has 1 aliphatic heterocycles. The average molecular weight is 354 g/mol. The van der Waals surface area contributed by atoms with Gasteiger partial charge < -0.3 is 11.1 Å². The summed E-state index contributed by atoms with van der Waals surface area (Å²) in [7, 11) is 0. The Hall–Kier alpha value is -0.910. The van der Waals surface area contributed by atoms with Crippen LogP contribution in [0.5, 0.6) is 0 Å². The summed E-state index contributed by atoms with van der Waals surface area (Å²) < 4.78 is 1.05. The Morgan fingerprint density at radius 2 is 2.10 bits per heavy atom. The second-order valence-corrected chi connectivity index (χ2v) is 6.90. The van der Waals surface area contributed by atoms with Gasteiger partial charge in [-0.3, -0.25) is 9.69 Å². The molecule has 4 nitrogen and oxygen atoms in total. The lowest BCUT2D eigenvalue weighted by molar-refractivity contribution is -0.122. The van der Waals surface area contributed by atoms with Crippen molar-refractivity contribution in [3.8, 4) is 0 Å². The molecule has 1 fully saturated rings. The standard InChI is InChI=1S/C16H24BrN3O/c1-11(18)14-7-8-20(9-14)10-16(21)19-12(2)13-3-5-15(17)6-4-13/h3-6,11-12,14H,7-10,18H2,1-2H3,(H,19,21). The van der Waals surface area contributed by atoms with Gasteiger partial charge in [0.05, 0.1) is 12.6 Å². The van der Waals surface area contributed by atoms with Gasteiger partial charge in [0.25, 0.3) is 0 Å². The molecule has 0 spiro atoms. The minimum Gasteiger partial charge on any atom is -0.348 e. The van der Waals surface area contributed by atoms with E-state index in [0.717, 1.165) is 29.5 Å². The van der Waals surface area contributed by atoms with Crippen LogP contribution in [0.4, 0.5) is 0 Å². The van der Waals surface area contributed by atoms with E-state index in [9.17, 15) is 4.79 Å². The zero-order valence-corrected chi connectivity index (χ0v) is 14.3. The van der Waals surface area contributed by atoms with Gasteiger partial charge in [0.2, 0.25) is 5.91 Å². The number of benzene rings is 1. The van der Waals surface area contributed by atoms with E-state index in [-0.39, 0.29) is 18.0 Å². The molecule has 2 rings (SSSR count). The maximum atomic E-state index is 12.1. The van der Waals surface area contributed by atoms with Gasteiger partial charge in [-0.25, -0.2) is 0 Å². The van der Waals surface area contributed by atoms with E-state index in [4.69, 9.17) is 5.73 Å². The van der Waals surface area contributed by atoms with Gasteiger partial charge in [-0.2, -0.15) is 0 Å². The predicted molar refractivity (Wildman–Crippen MR) is 88.9 cm³/mol. The van der Waals surface area contributed by atoms with Crippen molar-refractivity contribution in [2.45, 2.75) is 32.4 Å². The van der Waals surface area contributed by atoms with Crippen molar-refractivity contribution in [1.29, 1.82) is 0 Å². The monoisotopic (exact) mass is 353 g/mol. The Morgan fingerprint density at radius 1 is 1.43 bits per heavy atom. The number of nitrogens with zero attached hydrogens (tertiary/aromatic N) is 1. The Labute approximate surface area is 135 Å². The number of hydrogen-bond acceptors (Lipinski definition) is 3. The summed E-state index contributed by atoms with van der Waals surface area (Å²) in [6, 6.07) is 8.27. The summed E-state index contributed by atoms with van der Waals surface area (Å²) in [5.41, 5.74) is 7.04. The number of hydrogen-bond donors (Lipinski definition) is 2. The Balaban J connectivity index is 1.80. The quantitative estimate of drug-likeness (QED) is 0.853. The zero-order chi connectivity index (χ0) is 15.4. The van der Waals surface area contributed by atoms with Crippen LogP contribution < -0.4 is 11.1 Å². The second kappa shape index (κ2) is 7.38. The molecular formula is C16H24BrN3O. The van der Waals surface area contributed by atoms with Gasteiger partial charge in [-0.15, -0.1) is 0 Å². The molecule has 1 aromatic carbocycles. The average Bonchev–Trinajstić information content (AvgIpc) is 2.87. The molecule has 1 aromatic rings. The molecular weight excluding hydrogens is 330 g/mol. The normalized spacial score (nSPS) is 22.0. The third-order valence-corrected chi connectivity index (χ3v) is 4.70. The molecule has 0 bridgehead atoms. The highest BCUT2D eigenvalue weighted by molar-refractivity contribution is 9.10. The zero-order valence-electron chi connectivity index (χ0n) is 12.7. The van der Waals surface area contributed by atoms with E-state index in [2.05, 4.69) is 26.1 Å². The van der Waals surface area contributed by atoms with Crippen LogP contribution >= 0.6 is 15.9 Å². The molecule has 0 aliphatic carbocycles. The third kappa shape index (κ3) is 4.80. The van der Waals surface area contributed by atoms with Crippen LogP contribution in [0, 0.1) is 5.92 Å². The van der Waals surface area contributed by atoms with Crippen LogP contribution in [-0.4, -0.2) is 36.5 Å². The highest BCUT2D eigenvalue weighted by Crippen LogP contribution is 2.19. The largest absolute Gasteiger partial charge is 0.348 e. The fourth-order valence-electron chi connectivity index (χ4n) is 2.76. The third-order valence-electron chi connectivity index (χ3n) is 4.17. The van der Waals surface area contributed by atoms with Gasteiger partial charge in [-0.1, -0.05) is 28.1 Å². The summed E-state index contributed by atoms with van der Waals surface area (Å²) in [5, 5.41) is 3.06. The van der Waals surface area contributed by atoms with Crippen molar-refractivity contribution in [1.82, 2.24) is 10.2 Å². The minimum atomic E-state index is 0.0254. The predicted octanol–water partition coefficient (Wildman–Crippen LogP) is 2.30. The van der Waals surface area contributed by atoms with E-state index in [0.29, 0.717) is 12.5 Å². The van der Waals surface area contributed by atoms with Gasteiger partial charge >= 0.3 is 0 Å². The lowest BCUT2D eigenvalue weighted by Crippen LogP contribution is -2.38. The number of halogens is 1. The van der Waals surface area contributed by atoms with Crippen LogP contribution in [0.25, 0.3) is 0 Å². The van der Waals surface area contributed by atoms with E-state index in [1.54, 1.807) is 0 Å². The highest BCUT2D eigenvalue weighted by atomic mass is 79.9. The van der Waals surface area contributed by atoms with Crippen molar-refractivity contribution in [2.24, 2.45) is 11.7 Å². The number of amides is 1. The summed E-state index contributed by atoms with van der Waals surface area (Å²) in [6.07, 6.45) is 1.09. The first-order valence-corrected chi connectivity index (χ1v) is 8.27. The Bertz CT molecular complexity index is 475. The van der Waals surface area contributed by atoms with E-state index in [1.807, 2.05) is 38.1 Å². The highest BCUT2D eigenvalue weighted by Gasteiger charge is 2.26. The molecule has 3 N–H and O–H groups in total. The molecule has 3 unspecified atom stereocenters. The first kappa shape index (κ1) is 16.5. The lowest BCUT2D eigenvalue weighted by atomic mass is 10.0. The van der Waals surface area contributed by atoms with Crippen LogP contribution in [-0.2, 0) is 4.79 Å². The van der Waals surface area contributed by atoms with Gasteiger partial charge in [0.1, 0.15) is 0 Å². The molecule has 0 aromatic heterocycles. The van der Waals surface area contributed by atoms with Crippen molar-refractivity contribution in [3.05, 3.63) is 34.3 Å². The molecule has 116 valence electrons. The SMILES string of the molecule is CC(NC(=O)CN1CCC(C(C)N)C1)c1ccc(Br)cc1. The molecule has 1 heterocycles. The fourth-order valence-corrected chi connectivity index (χ4v) is 3.02. The number of carbonyl (C=O) groups excluding carboxylic acids is 1. The maximum absolute atomic E-state index is 12.1. The van der Waals surface area contributed by atoms with E-state index >= 15 is 0 Å². The molecule has 21 heavy (non-hydrogen) atoms. The molecule has 0 radical (unpaired) electrons. The Morgan fingerprint density at radius 3 is 2.67 bits per heavy atom. The van der Waals surface area contributed by atoms with Gasteiger partial charge in [-0.05, 0) is 50.4 Å².